The summed E-state index contributed by atoms with van der Waals surface area (Å²) in [7, 11) is 2.15. The van der Waals surface area contributed by atoms with Crippen LogP contribution in [-0.2, 0) is 0 Å². The van der Waals surface area contributed by atoms with Gasteiger partial charge < -0.3 is 16.0 Å². The fourth-order valence-corrected chi connectivity index (χ4v) is 1.88. The zero-order chi connectivity index (χ0) is 11.5. The SMILES string of the molecule is CN(CCNc1cc(N)cc(Cl)n1)C1CC1. The van der Waals surface area contributed by atoms with E-state index in [0.29, 0.717) is 10.8 Å². The molecule has 0 radical (unpaired) electrons. The first-order chi connectivity index (χ1) is 7.65. The van der Waals surface area contributed by atoms with Gasteiger partial charge in [-0.3, -0.25) is 0 Å². The summed E-state index contributed by atoms with van der Waals surface area (Å²) >= 11 is 5.81. The number of nitrogens with one attached hydrogen (secondary N) is 1. The highest BCUT2D eigenvalue weighted by Crippen LogP contribution is 2.24. The number of aromatic nitrogens is 1. The molecule has 1 aromatic heterocycles. The monoisotopic (exact) mass is 240 g/mol. The molecular weight excluding hydrogens is 224 g/mol. The third kappa shape index (κ3) is 3.25. The largest absolute Gasteiger partial charge is 0.399 e. The van der Waals surface area contributed by atoms with E-state index in [-0.39, 0.29) is 0 Å². The van der Waals surface area contributed by atoms with Crippen LogP contribution in [0.3, 0.4) is 0 Å². The lowest BCUT2D eigenvalue weighted by molar-refractivity contribution is 0.337. The van der Waals surface area contributed by atoms with E-state index < -0.39 is 0 Å². The van der Waals surface area contributed by atoms with Crippen molar-refractivity contribution in [3.05, 3.63) is 17.3 Å². The summed E-state index contributed by atoms with van der Waals surface area (Å²) in [6.45, 7) is 1.87. The smallest absolute Gasteiger partial charge is 0.133 e. The predicted octanol–water partition coefficient (Wildman–Crippen LogP) is 1.82. The van der Waals surface area contributed by atoms with E-state index in [1.54, 1.807) is 12.1 Å². The molecule has 0 amide bonds. The first-order valence-electron chi connectivity index (χ1n) is 5.52. The van der Waals surface area contributed by atoms with E-state index >= 15 is 0 Å². The molecule has 1 heterocycles. The summed E-state index contributed by atoms with van der Waals surface area (Å²) in [5.41, 5.74) is 6.31. The van der Waals surface area contributed by atoms with Gasteiger partial charge in [0.15, 0.2) is 0 Å². The van der Waals surface area contributed by atoms with Crippen molar-refractivity contribution in [1.82, 2.24) is 9.88 Å². The van der Waals surface area contributed by atoms with Gasteiger partial charge in [0.2, 0.25) is 0 Å². The molecule has 4 nitrogen and oxygen atoms in total. The Morgan fingerprint density at radius 1 is 1.56 bits per heavy atom. The Hall–Kier alpha value is -1.00. The van der Waals surface area contributed by atoms with Crippen molar-refractivity contribution < 1.29 is 0 Å². The minimum absolute atomic E-state index is 0.429. The highest BCUT2D eigenvalue weighted by Gasteiger charge is 2.25. The lowest BCUT2D eigenvalue weighted by Gasteiger charge is -2.16. The number of anilines is 2. The van der Waals surface area contributed by atoms with Crippen LogP contribution in [0.2, 0.25) is 5.15 Å². The van der Waals surface area contributed by atoms with Gasteiger partial charge in [0.05, 0.1) is 0 Å². The van der Waals surface area contributed by atoms with Gasteiger partial charge >= 0.3 is 0 Å². The second kappa shape index (κ2) is 4.89. The Balaban J connectivity index is 1.79. The van der Waals surface area contributed by atoms with Gasteiger partial charge in [-0.15, -0.1) is 0 Å². The maximum atomic E-state index is 5.81. The van der Waals surface area contributed by atoms with Gasteiger partial charge in [0, 0.05) is 30.9 Å². The van der Waals surface area contributed by atoms with E-state index in [1.165, 1.54) is 12.8 Å². The van der Waals surface area contributed by atoms with Crippen LogP contribution < -0.4 is 11.1 Å². The van der Waals surface area contributed by atoms with Crippen LogP contribution in [0, 0.1) is 0 Å². The molecule has 3 N–H and O–H groups in total. The normalized spacial score (nSPS) is 15.4. The molecular formula is C11H17ClN4. The number of rotatable bonds is 5. The second-order valence-corrected chi connectivity index (χ2v) is 4.63. The Kier molecular flexibility index (Phi) is 3.51. The van der Waals surface area contributed by atoms with E-state index in [1.807, 2.05) is 0 Å². The number of halogens is 1. The van der Waals surface area contributed by atoms with Crippen LogP contribution in [0.1, 0.15) is 12.8 Å². The Labute approximate surface area is 101 Å². The molecule has 0 spiro atoms. The van der Waals surface area contributed by atoms with Crippen molar-refractivity contribution in [1.29, 1.82) is 0 Å². The molecule has 1 saturated carbocycles. The fourth-order valence-electron chi connectivity index (χ4n) is 1.67. The summed E-state index contributed by atoms with van der Waals surface area (Å²) in [6.07, 6.45) is 2.66. The van der Waals surface area contributed by atoms with Gasteiger partial charge in [-0.05, 0) is 26.0 Å². The Bertz CT molecular complexity index is 345. The number of likely N-dealkylation sites (N-methyl/N-ethyl adjacent to an activating group) is 1. The van der Waals surface area contributed by atoms with Gasteiger partial charge in [-0.2, -0.15) is 0 Å². The molecule has 2 rings (SSSR count). The third-order valence-corrected chi connectivity index (χ3v) is 2.95. The van der Waals surface area contributed by atoms with Crippen molar-refractivity contribution in [2.45, 2.75) is 18.9 Å². The molecule has 0 saturated heterocycles. The van der Waals surface area contributed by atoms with E-state index in [2.05, 4.69) is 22.2 Å². The average molecular weight is 241 g/mol. The molecule has 88 valence electrons. The Morgan fingerprint density at radius 3 is 2.94 bits per heavy atom. The number of hydrogen-bond acceptors (Lipinski definition) is 4. The summed E-state index contributed by atoms with van der Waals surface area (Å²) in [6, 6.07) is 4.23. The molecule has 1 aromatic rings. The van der Waals surface area contributed by atoms with Gasteiger partial charge in [0.25, 0.3) is 0 Å². The summed E-state index contributed by atoms with van der Waals surface area (Å²) in [5.74, 6) is 0.745. The molecule has 1 aliphatic carbocycles. The molecule has 0 atom stereocenters. The van der Waals surface area contributed by atoms with Crippen LogP contribution >= 0.6 is 11.6 Å². The zero-order valence-electron chi connectivity index (χ0n) is 9.41. The third-order valence-electron chi connectivity index (χ3n) is 2.76. The standard InChI is InChI=1S/C11H17ClN4/c1-16(9-2-3-9)5-4-14-11-7-8(13)6-10(12)15-11/h6-7,9H,2-5H2,1H3,(H3,13,14,15). The number of pyridine rings is 1. The highest BCUT2D eigenvalue weighted by molar-refractivity contribution is 6.29. The quantitative estimate of drug-likeness (QED) is 0.771. The van der Waals surface area contributed by atoms with Crippen molar-refractivity contribution in [3.8, 4) is 0 Å². The summed E-state index contributed by atoms with van der Waals surface area (Å²) < 4.78 is 0. The van der Waals surface area contributed by atoms with Crippen molar-refractivity contribution in [2.75, 3.05) is 31.2 Å². The minimum atomic E-state index is 0.429. The molecule has 0 unspecified atom stereocenters. The maximum absolute atomic E-state index is 5.81. The fraction of sp³-hybridized carbons (Fsp3) is 0.545. The van der Waals surface area contributed by atoms with Crippen LogP contribution in [0.25, 0.3) is 0 Å². The van der Waals surface area contributed by atoms with E-state index in [0.717, 1.165) is 24.9 Å². The van der Waals surface area contributed by atoms with Crippen LogP contribution in [0.5, 0.6) is 0 Å². The predicted molar refractivity (Wildman–Crippen MR) is 67.8 cm³/mol. The van der Waals surface area contributed by atoms with Gasteiger partial charge in [-0.1, -0.05) is 11.6 Å². The number of nitrogen functional groups attached to an aromatic ring is 1. The van der Waals surface area contributed by atoms with Crippen LogP contribution in [-0.4, -0.2) is 36.1 Å². The van der Waals surface area contributed by atoms with Crippen molar-refractivity contribution in [3.63, 3.8) is 0 Å². The highest BCUT2D eigenvalue weighted by atomic mass is 35.5. The molecule has 1 aliphatic rings. The van der Waals surface area contributed by atoms with Gasteiger partial charge in [-0.25, -0.2) is 4.98 Å². The summed E-state index contributed by atoms with van der Waals surface area (Å²) in [4.78, 5) is 6.51. The van der Waals surface area contributed by atoms with Crippen LogP contribution in [0.15, 0.2) is 12.1 Å². The van der Waals surface area contributed by atoms with Crippen molar-refractivity contribution in [2.24, 2.45) is 0 Å². The molecule has 0 aliphatic heterocycles. The molecule has 0 aromatic carbocycles. The van der Waals surface area contributed by atoms with E-state index in [4.69, 9.17) is 17.3 Å². The maximum Gasteiger partial charge on any atom is 0.133 e. The van der Waals surface area contributed by atoms with Crippen LogP contribution in [0.4, 0.5) is 11.5 Å². The minimum Gasteiger partial charge on any atom is -0.399 e. The molecule has 16 heavy (non-hydrogen) atoms. The average Bonchev–Trinajstić information content (AvgIpc) is 2.98. The first-order valence-corrected chi connectivity index (χ1v) is 5.90. The Morgan fingerprint density at radius 2 is 2.31 bits per heavy atom. The topological polar surface area (TPSA) is 54.2 Å². The lowest BCUT2D eigenvalue weighted by atomic mass is 10.4. The molecule has 1 fully saturated rings. The number of nitrogens with zero attached hydrogens (tertiary/aromatic N) is 2. The number of nitrogens with two attached hydrogens (primary N) is 1. The summed E-state index contributed by atoms with van der Waals surface area (Å²) in [5, 5.41) is 3.65. The van der Waals surface area contributed by atoms with Crippen molar-refractivity contribution >= 4 is 23.1 Å². The molecule has 0 bridgehead atoms. The second-order valence-electron chi connectivity index (χ2n) is 4.25. The number of hydrogen-bond donors (Lipinski definition) is 2. The van der Waals surface area contributed by atoms with E-state index in [9.17, 15) is 0 Å². The lowest BCUT2D eigenvalue weighted by Crippen LogP contribution is -2.27. The first kappa shape index (κ1) is 11.5. The van der Waals surface area contributed by atoms with Gasteiger partial charge in [0.1, 0.15) is 11.0 Å². The zero-order valence-corrected chi connectivity index (χ0v) is 10.2. The molecule has 5 heteroatoms.